The van der Waals surface area contributed by atoms with Gasteiger partial charge in [-0.25, -0.2) is 0 Å². The highest BCUT2D eigenvalue weighted by atomic mass is 16.5. The number of phenolic OH excluding ortho intramolecular Hbond substituents is 1. The molecule has 0 aromatic heterocycles. The van der Waals surface area contributed by atoms with E-state index in [1.165, 1.54) is 9.80 Å². The number of nitrogens with zero attached hydrogens (tertiary/aromatic N) is 4. The average molecular weight is 703 g/mol. The number of carbonyl (C=O) groups is 4. The topological polar surface area (TPSA) is 120 Å². The summed E-state index contributed by atoms with van der Waals surface area (Å²) in [5.41, 5.74) is 5.51. The van der Waals surface area contributed by atoms with Crippen LogP contribution in [0.15, 0.2) is 78.4 Å². The van der Waals surface area contributed by atoms with Crippen LogP contribution in [0.1, 0.15) is 29.9 Å². The number of amides is 4. The van der Waals surface area contributed by atoms with Crippen molar-refractivity contribution in [2.24, 2.45) is 29.6 Å². The highest BCUT2D eigenvalue weighted by Crippen LogP contribution is 2.58. The molecule has 52 heavy (non-hydrogen) atoms. The maximum atomic E-state index is 14.5. The van der Waals surface area contributed by atoms with Gasteiger partial charge in [-0.05, 0) is 91.4 Å². The van der Waals surface area contributed by atoms with E-state index in [0.717, 1.165) is 48.7 Å². The van der Waals surface area contributed by atoms with E-state index < -0.39 is 35.5 Å². The van der Waals surface area contributed by atoms with Crippen LogP contribution in [0, 0.1) is 36.5 Å². The van der Waals surface area contributed by atoms with Gasteiger partial charge in [0.1, 0.15) is 5.75 Å². The maximum Gasteiger partial charge on any atom is 0.238 e. The van der Waals surface area contributed by atoms with Crippen molar-refractivity contribution in [2.75, 3.05) is 72.2 Å². The molecule has 0 spiro atoms. The highest BCUT2D eigenvalue weighted by molar-refractivity contribution is 6.24. The van der Waals surface area contributed by atoms with Crippen LogP contribution in [-0.2, 0) is 28.7 Å². The van der Waals surface area contributed by atoms with E-state index in [4.69, 9.17) is 9.47 Å². The molecule has 4 aliphatic heterocycles. The van der Waals surface area contributed by atoms with Gasteiger partial charge in [-0.2, -0.15) is 0 Å². The minimum atomic E-state index is -0.676. The molecule has 268 valence electrons. The van der Waals surface area contributed by atoms with Crippen LogP contribution < -0.4 is 19.6 Å². The number of aryl methyl sites for hydroxylation is 1. The molecule has 5 fully saturated rings. The molecule has 0 radical (unpaired) electrons. The number of hydrogen-bond acceptors (Lipinski definition) is 9. The SMILES string of the molecule is Cc1cc([C@H]2C3=CC[C@@H]4C(=O)N(c5ccc(N6CCOCC6)cc5)C(=O)[C@@H]4[C@@H]3C[C@H]3C(=O)N(c4ccc(N5CCOCC5)cc4)C(=O)[C@@H]23)ccc1O. The van der Waals surface area contributed by atoms with Crippen LogP contribution in [0.25, 0.3) is 0 Å². The monoisotopic (exact) mass is 702 g/mol. The average Bonchev–Trinajstić information content (AvgIpc) is 3.59. The van der Waals surface area contributed by atoms with Gasteiger partial charge in [0.05, 0.1) is 61.5 Å². The first kappa shape index (κ1) is 32.9. The van der Waals surface area contributed by atoms with E-state index in [1.807, 2.05) is 67.6 Å². The van der Waals surface area contributed by atoms with Crippen molar-refractivity contribution in [2.45, 2.75) is 25.7 Å². The second kappa shape index (κ2) is 12.9. The molecule has 0 bridgehead atoms. The zero-order valence-corrected chi connectivity index (χ0v) is 29.1. The molecule has 4 saturated heterocycles. The van der Waals surface area contributed by atoms with Gasteiger partial charge >= 0.3 is 0 Å². The number of benzene rings is 3. The molecular formula is C41H42N4O7. The maximum absolute atomic E-state index is 14.5. The molecule has 3 aromatic carbocycles. The van der Waals surface area contributed by atoms with Crippen molar-refractivity contribution < 1.29 is 33.8 Å². The fourth-order valence-electron chi connectivity index (χ4n) is 9.61. The predicted octanol–water partition coefficient (Wildman–Crippen LogP) is 4.42. The number of aromatic hydroxyl groups is 1. The number of allylic oxidation sites excluding steroid dienone is 2. The van der Waals surface area contributed by atoms with Crippen molar-refractivity contribution in [3.8, 4) is 5.75 Å². The summed E-state index contributed by atoms with van der Waals surface area (Å²) in [5, 5.41) is 10.4. The van der Waals surface area contributed by atoms with Gasteiger partial charge in [0, 0.05) is 43.5 Å². The number of carbonyl (C=O) groups excluding carboxylic acids is 4. The summed E-state index contributed by atoms with van der Waals surface area (Å²) >= 11 is 0. The Kier molecular flexibility index (Phi) is 8.15. The van der Waals surface area contributed by atoms with Crippen LogP contribution in [0.5, 0.6) is 5.75 Å². The molecular weight excluding hydrogens is 660 g/mol. The Balaban J connectivity index is 1.05. The van der Waals surface area contributed by atoms with Crippen molar-refractivity contribution in [1.29, 1.82) is 0 Å². The van der Waals surface area contributed by atoms with E-state index in [9.17, 15) is 24.3 Å². The molecule has 6 aliphatic rings. The zero-order chi connectivity index (χ0) is 35.7. The summed E-state index contributed by atoms with van der Waals surface area (Å²) in [6.45, 7) is 7.54. The van der Waals surface area contributed by atoms with Gasteiger partial charge < -0.3 is 24.4 Å². The first-order valence-corrected chi connectivity index (χ1v) is 18.4. The number of rotatable bonds is 5. The third-order valence-electron chi connectivity index (χ3n) is 12.2. The number of morpholine rings is 2. The summed E-state index contributed by atoms with van der Waals surface area (Å²) in [6, 6.07) is 20.5. The van der Waals surface area contributed by atoms with Crippen LogP contribution in [0.4, 0.5) is 22.7 Å². The molecule has 4 amide bonds. The summed E-state index contributed by atoms with van der Waals surface area (Å²) in [5.74, 6) is -4.28. The minimum absolute atomic E-state index is 0.146. The first-order valence-electron chi connectivity index (χ1n) is 18.4. The number of fused-ring (bicyclic) bond motifs is 4. The van der Waals surface area contributed by atoms with Crippen molar-refractivity contribution in [1.82, 2.24) is 0 Å². The van der Waals surface area contributed by atoms with Crippen LogP contribution in [0.2, 0.25) is 0 Å². The third-order valence-corrected chi connectivity index (χ3v) is 12.2. The fraction of sp³-hybridized carbons (Fsp3) is 0.415. The molecule has 1 N–H and O–H groups in total. The normalized spacial score (nSPS) is 28.9. The van der Waals surface area contributed by atoms with Gasteiger partial charge in [0.2, 0.25) is 23.6 Å². The van der Waals surface area contributed by atoms with E-state index in [0.29, 0.717) is 56.2 Å². The molecule has 1 saturated carbocycles. The van der Waals surface area contributed by atoms with Gasteiger partial charge in [0.25, 0.3) is 0 Å². The summed E-state index contributed by atoms with van der Waals surface area (Å²) in [4.78, 5) is 64.6. The fourth-order valence-corrected chi connectivity index (χ4v) is 9.61. The lowest BCUT2D eigenvalue weighted by atomic mass is 9.57. The van der Waals surface area contributed by atoms with Crippen molar-refractivity contribution in [3.63, 3.8) is 0 Å². The lowest BCUT2D eigenvalue weighted by Crippen LogP contribution is -2.43. The van der Waals surface area contributed by atoms with Crippen LogP contribution in [0.3, 0.4) is 0 Å². The minimum Gasteiger partial charge on any atom is -0.508 e. The summed E-state index contributed by atoms with van der Waals surface area (Å²) in [6.07, 6.45) is 2.74. The van der Waals surface area contributed by atoms with Crippen molar-refractivity contribution >= 4 is 46.4 Å². The largest absolute Gasteiger partial charge is 0.508 e. The van der Waals surface area contributed by atoms with E-state index in [-0.39, 0.29) is 29.4 Å². The predicted molar refractivity (Wildman–Crippen MR) is 194 cm³/mol. The number of hydrogen-bond donors (Lipinski definition) is 1. The Morgan fingerprint density at radius 1 is 0.596 bits per heavy atom. The quantitative estimate of drug-likeness (QED) is 0.305. The first-order chi connectivity index (χ1) is 25.3. The van der Waals surface area contributed by atoms with E-state index in [1.54, 1.807) is 6.07 Å². The lowest BCUT2D eigenvalue weighted by molar-refractivity contribution is -0.126. The second-order valence-electron chi connectivity index (χ2n) is 14.8. The number of phenols is 1. The summed E-state index contributed by atoms with van der Waals surface area (Å²) in [7, 11) is 0. The second-order valence-corrected chi connectivity index (χ2v) is 14.8. The van der Waals surface area contributed by atoms with Gasteiger partial charge in [0.15, 0.2) is 0 Å². The molecule has 2 aliphatic carbocycles. The van der Waals surface area contributed by atoms with E-state index in [2.05, 4.69) is 15.9 Å². The van der Waals surface area contributed by atoms with Crippen LogP contribution in [-0.4, -0.2) is 81.3 Å². The van der Waals surface area contributed by atoms with Gasteiger partial charge in [-0.3, -0.25) is 29.0 Å². The number of ether oxygens (including phenoxy) is 2. The van der Waals surface area contributed by atoms with E-state index >= 15 is 0 Å². The molecule has 6 atom stereocenters. The van der Waals surface area contributed by atoms with Crippen molar-refractivity contribution in [3.05, 3.63) is 89.5 Å². The smallest absolute Gasteiger partial charge is 0.238 e. The number of imide groups is 2. The Morgan fingerprint density at radius 3 is 1.63 bits per heavy atom. The third kappa shape index (κ3) is 5.24. The highest BCUT2D eigenvalue weighted by Gasteiger charge is 2.62. The molecule has 4 heterocycles. The Hall–Kier alpha value is -5.00. The molecule has 11 nitrogen and oxygen atoms in total. The number of anilines is 4. The molecule has 3 aromatic rings. The Bertz CT molecular complexity index is 1970. The standard InChI is InChI=1S/C41H42N4O7/c1-24-22-25(2-13-34(24)46)35-30-11-12-31-36(40(49)44(38(31)47)28-7-3-26(4-8-28)42-14-18-51-19-15-42)32(30)23-33-37(35)41(50)45(39(33)48)29-9-5-27(6-10-29)43-16-20-52-21-17-43/h2-11,13,22,31-33,35-37,46H,12,14-21,23H2,1H3/t31-,32+,33+,35-,36-,37+/m0/s1. The molecule has 9 rings (SSSR count). The van der Waals surface area contributed by atoms with Crippen LogP contribution >= 0.6 is 0 Å². The van der Waals surface area contributed by atoms with Gasteiger partial charge in [-0.15, -0.1) is 0 Å². The Labute approximate surface area is 302 Å². The molecule has 11 heteroatoms. The Morgan fingerprint density at radius 2 is 1.10 bits per heavy atom. The zero-order valence-electron chi connectivity index (χ0n) is 29.1. The summed E-state index contributed by atoms with van der Waals surface area (Å²) < 4.78 is 11.0. The lowest BCUT2D eigenvalue weighted by Gasteiger charge is -2.44. The van der Waals surface area contributed by atoms with Gasteiger partial charge in [-0.1, -0.05) is 23.8 Å². The molecule has 0 unspecified atom stereocenters.